The number of fused-ring (bicyclic) bond motifs is 1. The van der Waals surface area contributed by atoms with Gasteiger partial charge in [-0.1, -0.05) is 24.3 Å². The van der Waals surface area contributed by atoms with Gasteiger partial charge in [-0.3, -0.25) is 14.9 Å². The lowest BCUT2D eigenvalue weighted by atomic mass is 10.0. The predicted molar refractivity (Wildman–Crippen MR) is 92.0 cm³/mol. The molecule has 1 N–H and O–H groups in total. The van der Waals surface area contributed by atoms with Crippen molar-refractivity contribution in [2.45, 2.75) is 12.6 Å². The number of nitrogens with zero attached hydrogens (tertiary/aromatic N) is 3. The summed E-state index contributed by atoms with van der Waals surface area (Å²) in [5.74, 6) is 0. The molecule has 4 nitrogen and oxygen atoms in total. The first-order valence-electron chi connectivity index (χ1n) is 8.09. The number of para-hydroxylation sites is 1. The van der Waals surface area contributed by atoms with Crippen LogP contribution in [0.1, 0.15) is 17.2 Å². The van der Waals surface area contributed by atoms with E-state index < -0.39 is 0 Å². The van der Waals surface area contributed by atoms with E-state index in [1.54, 1.807) is 0 Å². The van der Waals surface area contributed by atoms with E-state index in [1.165, 1.54) is 16.5 Å². The van der Waals surface area contributed by atoms with Crippen molar-refractivity contribution in [3.8, 4) is 0 Å². The van der Waals surface area contributed by atoms with Crippen LogP contribution in [0.4, 0.5) is 0 Å². The Kier molecular flexibility index (Phi) is 4.01. The second kappa shape index (κ2) is 6.44. The monoisotopic (exact) mass is 304 g/mol. The van der Waals surface area contributed by atoms with E-state index in [0.717, 1.165) is 31.7 Å². The third kappa shape index (κ3) is 2.96. The minimum absolute atomic E-state index is 0.380. The van der Waals surface area contributed by atoms with Gasteiger partial charge in [-0.2, -0.15) is 0 Å². The summed E-state index contributed by atoms with van der Waals surface area (Å²) in [6.45, 7) is 3.96. The van der Waals surface area contributed by atoms with Gasteiger partial charge in [0.2, 0.25) is 0 Å². The molecule has 1 unspecified atom stereocenters. The maximum absolute atomic E-state index is 4.59. The fourth-order valence-corrected chi connectivity index (χ4v) is 3.36. The molecule has 116 valence electrons. The molecule has 4 rings (SSSR count). The number of aromatic nitrogens is 2. The fraction of sp³-hybridized carbons (Fsp3) is 0.263. The number of rotatable bonds is 3. The average molecular weight is 304 g/mol. The van der Waals surface area contributed by atoms with Crippen LogP contribution in [0.25, 0.3) is 10.9 Å². The fourth-order valence-electron chi connectivity index (χ4n) is 3.36. The van der Waals surface area contributed by atoms with Crippen LogP contribution in [0.2, 0.25) is 0 Å². The Hall–Kier alpha value is -2.30. The van der Waals surface area contributed by atoms with Crippen molar-refractivity contribution < 1.29 is 0 Å². The van der Waals surface area contributed by atoms with Crippen LogP contribution < -0.4 is 5.32 Å². The summed E-state index contributed by atoms with van der Waals surface area (Å²) in [5.41, 5.74) is 3.73. The van der Waals surface area contributed by atoms with Gasteiger partial charge in [0.15, 0.2) is 0 Å². The normalized spacial score (nSPS) is 19.0. The van der Waals surface area contributed by atoms with Gasteiger partial charge in [-0.05, 0) is 29.3 Å². The third-order valence-corrected chi connectivity index (χ3v) is 4.53. The van der Waals surface area contributed by atoms with Gasteiger partial charge in [0.25, 0.3) is 0 Å². The van der Waals surface area contributed by atoms with Gasteiger partial charge < -0.3 is 5.32 Å². The topological polar surface area (TPSA) is 41.1 Å². The number of pyridine rings is 2. The average Bonchev–Trinajstić information content (AvgIpc) is 2.63. The molecule has 1 aliphatic rings. The highest BCUT2D eigenvalue weighted by Gasteiger charge is 2.24. The van der Waals surface area contributed by atoms with Gasteiger partial charge in [0.1, 0.15) is 0 Å². The highest BCUT2D eigenvalue weighted by Crippen LogP contribution is 2.25. The molecule has 1 saturated heterocycles. The van der Waals surface area contributed by atoms with Crippen LogP contribution in [0, 0.1) is 0 Å². The van der Waals surface area contributed by atoms with Crippen molar-refractivity contribution in [1.29, 1.82) is 0 Å². The van der Waals surface area contributed by atoms with E-state index >= 15 is 0 Å². The smallest absolute Gasteiger partial charge is 0.0746 e. The molecule has 0 radical (unpaired) electrons. The molecule has 1 aliphatic heterocycles. The van der Waals surface area contributed by atoms with Crippen LogP contribution in [0.3, 0.4) is 0 Å². The summed E-state index contributed by atoms with van der Waals surface area (Å²) in [7, 11) is 0. The Bertz CT molecular complexity index is 782. The van der Waals surface area contributed by atoms with Gasteiger partial charge in [-0.15, -0.1) is 0 Å². The molecule has 23 heavy (non-hydrogen) atoms. The highest BCUT2D eigenvalue weighted by atomic mass is 15.2. The van der Waals surface area contributed by atoms with Crippen LogP contribution in [0.15, 0.2) is 61.1 Å². The number of hydrogen-bond acceptors (Lipinski definition) is 4. The Morgan fingerprint density at radius 3 is 2.83 bits per heavy atom. The summed E-state index contributed by atoms with van der Waals surface area (Å²) >= 11 is 0. The minimum Gasteiger partial charge on any atom is -0.314 e. The summed E-state index contributed by atoms with van der Waals surface area (Å²) < 4.78 is 0. The molecule has 0 spiro atoms. The number of nitrogens with one attached hydrogen (secondary N) is 1. The zero-order valence-corrected chi connectivity index (χ0v) is 13.0. The molecule has 0 aliphatic carbocycles. The predicted octanol–water partition coefficient (Wildman–Crippen LogP) is 2.78. The van der Waals surface area contributed by atoms with E-state index in [2.05, 4.69) is 56.6 Å². The summed E-state index contributed by atoms with van der Waals surface area (Å²) in [6, 6.07) is 15.2. The first kappa shape index (κ1) is 14.3. The molecule has 0 amide bonds. The molecular formula is C19H20N4. The number of hydrogen-bond donors (Lipinski definition) is 1. The first-order chi connectivity index (χ1) is 11.4. The molecule has 0 saturated carbocycles. The quantitative estimate of drug-likeness (QED) is 0.808. The minimum atomic E-state index is 0.380. The van der Waals surface area contributed by atoms with E-state index in [1.807, 2.05) is 24.7 Å². The van der Waals surface area contributed by atoms with Crippen molar-refractivity contribution >= 4 is 10.9 Å². The van der Waals surface area contributed by atoms with Crippen molar-refractivity contribution in [2.75, 3.05) is 19.6 Å². The van der Waals surface area contributed by atoms with E-state index in [4.69, 9.17) is 0 Å². The molecule has 1 atom stereocenters. The molecule has 1 aromatic carbocycles. The third-order valence-electron chi connectivity index (χ3n) is 4.53. The first-order valence-corrected chi connectivity index (χ1v) is 8.09. The SMILES string of the molecule is c1cnc2c(CN3CCNCC3c3ccncc3)cccc2c1. The summed E-state index contributed by atoms with van der Waals surface area (Å²) in [4.78, 5) is 11.3. The number of benzene rings is 1. The van der Waals surface area contributed by atoms with Crippen molar-refractivity contribution in [3.05, 3.63) is 72.2 Å². The Labute approximate surface area is 136 Å². The van der Waals surface area contributed by atoms with Gasteiger partial charge in [-0.25, -0.2) is 0 Å². The van der Waals surface area contributed by atoms with Crippen LogP contribution >= 0.6 is 0 Å². The second-order valence-corrected chi connectivity index (χ2v) is 5.96. The Balaban J connectivity index is 1.65. The maximum Gasteiger partial charge on any atom is 0.0746 e. The zero-order valence-electron chi connectivity index (χ0n) is 13.0. The molecule has 0 bridgehead atoms. The van der Waals surface area contributed by atoms with E-state index in [0.29, 0.717) is 6.04 Å². The molecule has 2 aromatic heterocycles. The van der Waals surface area contributed by atoms with Crippen LogP contribution in [0.5, 0.6) is 0 Å². The van der Waals surface area contributed by atoms with Crippen molar-refractivity contribution in [2.24, 2.45) is 0 Å². The lowest BCUT2D eigenvalue weighted by Gasteiger charge is -2.36. The zero-order chi connectivity index (χ0) is 15.5. The number of piperazine rings is 1. The standard InChI is InChI=1S/C19H20N4/c1-3-16-5-2-8-22-19(16)17(4-1)14-23-12-11-21-13-18(23)15-6-9-20-10-7-15/h1-10,18,21H,11-14H2. The highest BCUT2D eigenvalue weighted by molar-refractivity contribution is 5.81. The molecular weight excluding hydrogens is 284 g/mol. The lowest BCUT2D eigenvalue weighted by Crippen LogP contribution is -2.45. The largest absolute Gasteiger partial charge is 0.314 e. The Morgan fingerprint density at radius 2 is 1.91 bits per heavy atom. The Morgan fingerprint density at radius 1 is 1.04 bits per heavy atom. The van der Waals surface area contributed by atoms with Gasteiger partial charge >= 0.3 is 0 Å². The van der Waals surface area contributed by atoms with Crippen LogP contribution in [-0.4, -0.2) is 34.5 Å². The molecule has 3 aromatic rings. The van der Waals surface area contributed by atoms with Crippen molar-refractivity contribution in [3.63, 3.8) is 0 Å². The van der Waals surface area contributed by atoms with Crippen molar-refractivity contribution in [1.82, 2.24) is 20.2 Å². The van der Waals surface area contributed by atoms with E-state index in [9.17, 15) is 0 Å². The van der Waals surface area contributed by atoms with Gasteiger partial charge in [0.05, 0.1) is 5.52 Å². The molecule has 3 heterocycles. The van der Waals surface area contributed by atoms with E-state index in [-0.39, 0.29) is 0 Å². The summed E-state index contributed by atoms with van der Waals surface area (Å²) in [5, 5.41) is 4.72. The molecule has 1 fully saturated rings. The second-order valence-electron chi connectivity index (χ2n) is 5.96. The lowest BCUT2D eigenvalue weighted by molar-refractivity contribution is 0.154. The maximum atomic E-state index is 4.59. The van der Waals surface area contributed by atoms with Gasteiger partial charge in [0, 0.05) is 56.2 Å². The summed E-state index contributed by atoms with van der Waals surface area (Å²) in [6.07, 6.45) is 5.63. The van der Waals surface area contributed by atoms with Crippen LogP contribution in [-0.2, 0) is 6.54 Å². The molecule has 4 heteroatoms.